The molecule has 0 spiro atoms. The van der Waals surface area contributed by atoms with Crippen molar-refractivity contribution in [1.29, 1.82) is 0 Å². The van der Waals surface area contributed by atoms with Gasteiger partial charge in [-0.3, -0.25) is 4.79 Å². The van der Waals surface area contributed by atoms with E-state index in [0.29, 0.717) is 5.69 Å². The second-order valence-electron chi connectivity index (χ2n) is 4.21. The number of alkyl halides is 3. The topological polar surface area (TPSA) is 59.8 Å². The molecule has 1 amide bonds. The van der Waals surface area contributed by atoms with Gasteiger partial charge in [-0.25, -0.2) is 0 Å². The minimum absolute atomic E-state index is 0.0262. The van der Waals surface area contributed by atoms with Crippen LogP contribution in [0.3, 0.4) is 0 Å². The summed E-state index contributed by atoms with van der Waals surface area (Å²) in [6.45, 7) is 0. The lowest BCUT2D eigenvalue weighted by Gasteiger charge is -2.07. The van der Waals surface area contributed by atoms with Crippen LogP contribution >= 0.6 is 27.7 Å². The highest BCUT2D eigenvalue weighted by atomic mass is 79.9. The van der Waals surface area contributed by atoms with Gasteiger partial charge in [-0.05, 0) is 24.3 Å². The van der Waals surface area contributed by atoms with Crippen molar-refractivity contribution in [1.82, 2.24) is 14.8 Å². The van der Waals surface area contributed by atoms with Crippen LogP contribution in [0.4, 0.5) is 18.9 Å². The van der Waals surface area contributed by atoms with Gasteiger partial charge in [0.15, 0.2) is 5.16 Å². The molecule has 2 rings (SSSR count). The fraction of sp³-hybridized carbons (Fsp3) is 0.250. The zero-order valence-electron chi connectivity index (χ0n) is 11.2. The zero-order chi connectivity index (χ0) is 16.3. The number of nitrogens with one attached hydrogen (secondary N) is 1. The van der Waals surface area contributed by atoms with Crippen LogP contribution in [-0.2, 0) is 18.0 Å². The normalized spacial score (nSPS) is 11.5. The summed E-state index contributed by atoms with van der Waals surface area (Å²) in [5.74, 6) is -1.51. The van der Waals surface area contributed by atoms with E-state index >= 15 is 0 Å². The van der Waals surface area contributed by atoms with Gasteiger partial charge in [0.05, 0.1) is 5.75 Å². The Hall–Kier alpha value is -1.55. The highest BCUT2D eigenvalue weighted by Gasteiger charge is 2.37. The quantitative estimate of drug-likeness (QED) is 0.807. The maximum Gasteiger partial charge on any atom is 0.451 e. The van der Waals surface area contributed by atoms with E-state index in [2.05, 4.69) is 31.4 Å². The Bertz CT molecular complexity index is 672. The fourth-order valence-corrected chi connectivity index (χ4v) is 2.52. The molecule has 0 saturated carbocycles. The lowest BCUT2D eigenvalue weighted by Crippen LogP contribution is -2.15. The van der Waals surface area contributed by atoms with Crippen LogP contribution in [0.5, 0.6) is 0 Å². The molecule has 0 aliphatic rings. The Labute approximate surface area is 136 Å². The van der Waals surface area contributed by atoms with Gasteiger partial charge in [-0.1, -0.05) is 27.7 Å². The van der Waals surface area contributed by atoms with Gasteiger partial charge in [0.2, 0.25) is 11.7 Å². The molecule has 0 aliphatic carbocycles. The maximum atomic E-state index is 12.6. The van der Waals surface area contributed by atoms with Crippen LogP contribution in [0.15, 0.2) is 33.9 Å². The van der Waals surface area contributed by atoms with Crippen molar-refractivity contribution in [2.45, 2.75) is 11.3 Å². The molecule has 0 bridgehead atoms. The van der Waals surface area contributed by atoms with Gasteiger partial charge in [0.25, 0.3) is 0 Å². The summed E-state index contributed by atoms with van der Waals surface area (Å²) in [4.78, 5) is 11.8. The summed E-state index contributed by atoms with van der Waals surface area (Å²) >= 11 is 4.16. The van der Waals surface area contributed by atoms with Crippen LogP contribution in [0.2, 0.25) is 0 Å². The largest absolute Gasteiger partial charge is 0.451 e. The first kappa shape index (κ1) is 16.8. The smallest absolute Gasteiger partial charge is 0.325 e. The Morgan fingerprint density at radius 3 is 2.50 bits per heavy atom. The number of hydrogen-bond acceptors (Lipinski definition) is 4. The lowest BCUT2D eigenvalue weighted by atomic mass is 10.3. The summed E-state index contributed by atoms with van der Waals surface area (Å²) in [7, 11) is 1.21. The van der Waals surface area contributed by atoms with E-state index in [4.69, 9.17) is 0 Å². The van der Waals surface area contributed by atoms with Gasteiger partial charge in [0.1, 0.15) is 0 Å². The Morgan fingerprint density at radius 2 is 1.95 bits per heavy atom. The molecule has 118 valence electrons. The van der Waals surface area contributed by atoms with E-state index < -0.39 is 12.0 Å². The molecule has 1 heterocycles. The highest BCUT2D eigenvalue weighted by molar-refractivity contribution is 9.10. The minimum Gasteiger partial charge on any atom is -0.325 e. The number of halogens is 4. The number of carbonyl (C=O) groups is 1. The summed E-state index contributed by atoms with van der Waals surface area (Å²) in [6.07, 6.45) is -4.57. The average molecular weight is 395 g/mol. The standard InChI is InChI=1S/C12H10BrF3N4OS/c1-20-10(12(14,15)16)18-19-11(20)22-6-9(21)17-8-4-2-7(13)3-5-8/h2-5H,6H2,1H3,(H,17,21). The third-order valence-electron chi connectivity index (χ3n) is 2.55. The third kappa shape index (κ3) is 4.23. The van der Waals surface area contributed by atoms with Crippen molar-refractivity contribution in [2.75, 3.05) is 11.1 Å². The third-order valence-corrected chi connectivity index (χ3v) is 4.10. The van der Waals surface area contributed by atoms with E-state index in [9.17, 15) is 18.0 Å². The SMILES string of the molecule is Cn1c(SCC(=O)Nc2ccc(Br)cc2)nnc1C(F)(F)F. The summed E-state index contributed by atoms with van der Waals surface area (Å²) in [5, 5.41) is 9.19. The number of hydrogen-bond donors (Lipinski definition) is 1. The van der Waals surface area contributed by atoms with Crippen molar-refractivity contribution in [3.63, 3.8) is 0 Å². The van der Waals surface area contributed by atoms with E-state index in [1.54, 1.807) is 24.3 Å². The van der Waals surface area contributed by atoms with E-state index in [-0.39, 0.29) is 16.8 Å². The number of thioether (sulfide) groups is 1. The van der Waals surface area contributed by atoms with E-state index in [1.165, 1.54) is 7.05 Å². The molecule has 1 aromatic heterocycles. The number of benzene rings is 1. The van der Waals surface area contributed by atoms with Gasteiger partial charge in [0, 0.05) is 17.2 Å². The average Bonchev–Trinajstić information content (AvgIpc) is 2.80. The first-order valence-electron chi connectivity index (χ1n) is 5.92. The highest BCUT2D eigenvalue weighted by Crippen LogP contribution is 2.29. The van der Waals surface area contributed by atoms with Crippen molar-refractivity contribution in [3.05, 3.63) is 34.6 Å². The molecule has 22 heavy (non-hydrogen) atoms. The summed E-state index contributed by atoms with van der Waals surface area (Å²) in [6, 6.07) is 6.94. The Balaban J connectivity index is 1.94. The Morgan fingerprint density at radius 1 is 1.32 bits per heavy atom. The number of rotatable bonds is 4. The van der Waals surface area contributed by atoms with Crippen molar-refractivity contribution in [2.24, 2.45) is 7.05 Å². The number of amides is 1. The number of nitrogens with zero attached hydrogens (tertiary/aromatic N) is 3. The molecular weight excluding hydrogens is 385 g/mol. The second kappa shape index (κ2) is 6.69. The lowest BCUT2D eigenvalue weighted by molar-refractivity contribution is -0.147. The van der Waals surface area contributed by atoms with Crippen molar-refractivity contribution >= 4 is 39.3 Å². The molecule has 0 fully saturated rings. The molecule has 2 aromatic rings. The molecule has 0 saturated heterocycles. The molecule has 1 N–H and O–H groups in total. The first-order chi connectivity index (χ1) is 10.3. The van der Waals surface area contributed by atoms with E-state index in [1.807, 2.05) is 0 Å². The molecule has 0 atom stereocenters. The first-order valence-corrected chi connectivity index (χ1v) is 7.70. The van der Waals surface area contributed by atoms with Crippen molar-refractivity contribution < 1.29 is 18.0 Å². The summed E-state index contributed by atoms with van der Waals surface area (Å²) in [5.41, 5.74) is 0.600. The Kier molecular flexibility index (Phi) is 5.12. The fourth-order valence-electron chi connectivity index (χ4n) is 1.55. The molecule has 1 aromatic carbocycles. The van der Waals surface area contributed by atoms with Crippen molar-refractivity contribution in [3.8, 4) is 0 Å². The molecule has 0 unspecified atom stereocenters. The van der Waals surface area contributed by atoms with Gasteiger partial charge < -0.3 is 9.88 Å². The van der Waals surface area contributed by atoms with Gasteiger partial charge in [-0.2, -0.15) is 13.2 Å². The predicted molar refractivity (Wildman–Crippen MR) is 79.5 cm³/mol. The predicted octanol–water partition coefficient (Wildman–Crippen LogP) is 3.33. The molecular formula is C12H10BrF3N4OS. The van der Waals surface area contributed by atoms with Crippen LogP contribution in [0.1, 0.15) is 5.82 Å². The molecule has 5 nitrogen and oxygen atoms in total. The maximum absolute atomic E-state index is 12.6. The monoisotopic (exact) mass is 394 g/mol. The van der Waals surface area contributed by atoms with Crippen LogP contribution in [-0.4, -0.2) is 26.4 Å². The molecule has 10 heteroatoms. The zero-order valence-corrected chi connectivity index (χ0v) is 13.6. The van der Waals surface area contributed by atoms with Gasteiger partial charge in [-0.15, -0.1) is 10.2 Å². The van der Waals surface area contributed by atoms with Gasteiger partial charge >= 0.3 is 6.18 Å². The number of aromatic nitrogens is 3. The van der Waals surface area contributed by atoms with Crippen LogP contribution in [0.25, 0.3) is 0 Å². The second-order valence-corrected chi connectivity index (χ2v) is 6.06. The number of carbonyl (C=O) groups excluding carboxylic acids is 1. The molecule has 0 aliphatic heterocycles. The van der Waals surface area contributed by atoms with E-state index in [0.717, 1.165) is 20.8 Å². The summed E-state index contributed by atoms with van der Waals surface area (Å²) < 4.78 is 39.4. The van der Waals surface area contributed by atoms with Crippen LogP contribution in [0, 0.1) is 0 Å². The van der Waals surface area contributed by atoms with Crippen LogP contribution < -0.4 is 5.32 Å². The molecule has 0 radical (unpaired) electrons. The minimum atomic E-state index is -4.57. The number of anilines is 1.